The van der Waals surface area contributed by atoms with Crippen molar-refractivity contribution in [3.8, 4) is 0 Å². The Morgan fingerprint density at radius 3 is 2.95 bits per heavy atom. The molecule has 2 aromatic rings. The van der Waals surface area contributed by atoms with Gasteiger partial charge in [-0.05, 0) is 30.5 Å². The predicted octanol–water partition coefficient (Wildman–Crippen LogP) is 2.91. The lowest BCUT2D eigenvalue weighted by Crippen LogP contribution is -2.27. The van der Waals surface area contributed by atoms with Gasteiger partial charge in [0.2, 0.25) is 0 Å². The lowest BCUT2D eigenvalue weighted by atomic mass is 10.1. The number of benzene rings is 1. The maximum Gasteiger partial charge on any atom is 0.153 e. The number of alkyl halides is 1. The van der Waals surface area contributed by atoms with Gasteiger partial charge in [0.1, 0.15) is 16.9 Å². The van der Waals surface area contributed by atoms with E-state index in [9.17, 15) is 4.39 Å². The quantitative estimate of drug-likeness (QED) is 0.867. The second-order valence-corrected chi connectivity index (χ2v) is 5.64. The summed E-state index contributed by atoms with van der Waals surface area (Å²) in [7, 11) is 1.97. The van der Waals surface area contributed by atoms with Crippen LogP contribution in [0.3, 0.4) is 0 Å². The Morgan fingerprint density at radius 2 is 2.19 bits per heavy atom. The fourth-order valence-corrected chi connectivity index (χ4v) is 2.89. The van der Waals surface area contributed by atoms with E-state index < -0.39 is 5.38 Å². The molecule has 6 heteroatoms. The summed E-state index contributed by atoms with van der Waals surface area (Å²) in [6.07, 6.45) is 1.87. The number of aromatic nitrogens is 2. The number of hydrogen-bond donors (Lipinski definition) is 1. The molecule has 0 radical (unpaired) electrons. The van der Waals surface area contributed by atoms with E-state index in [1.807, 2.05) is 7.05 Å². The Kier molecular flexibility index (Phi) is 3.68. The molecular formula is C15H16ClFN4. The summed E-state index contributed by atoms with van der Waals surface area (Å²) in [5.74, 6) is 0.525. The molecule has 4 nitrogen and oxygen atoms in total. The number of fused-ring (bicyclic) bond motifs is 1. The highest BCUT2D eigenvalue weighted by Crippen LogP contribution is 2.33. The molecule has 2 N–H and O–H groups in total. The Morgan fingerprint density at radius 1 is 1.38 bits per heavy atom. The molecule has 0 aliphatic carbocycles. The van der Waals surface area contributed by atoms with Gasteiger partial charge >= 0.3 is 0 Å². The number of nitrogen functional groups attached to an aromatic ring is 1. The van der Waals surface area contributed by atoms with Crippen molar-refractivity contribution in [2.45, 2.75) is 18.2 Å². The lowest BCUT2D eigenvalue weighted by Gasteiger charge is -2.28. The second kappa shape index (κ2) is 5.48. The average Bonchev–Trinajstić information content (AvgIpc) is 2.46. The highest BCUT2D eigenvalue weighted by molar-refractivity contribution is 6.22. The van der Waals surface area contributed by atoms with Gasteiger partial charge in [-0.1, -0.05) is 12.1 Å². The standard InChI is InChI=1S/C15H16ClFN4/c1-21-7-3-6-11-13(21)14(18)20-15(19-11)12(16)9-4-2-5-10(17)8-9/h2,4-5,8,12H,3,6-7H2,1H3,(H2,18,19,20). The molecule has 110 valence electrons. The van der Waals surface area contributed by atoms with E-state index in [0.717, 1.165) is 30.8 Å². The number of nitrogens with two attached hydrogens (primary N) is 1. The third-order valence-corrected chi connectivity index (χ3v) is 4.10. The average molecular weight is 307 g/mol. The topological polar surface area (TPSA) is 55.0 Å². The molecule has 0 saturated carbocycles. The van der Waals surface area contributed by atoms with Crippen molar-refractivity contribution in [3.63, 3.8) is 0 Å². The van der Waals surface area contributed by atoms with Crippen molar-refractivity contribution in [1.29, 1.82) is 0 Å². The molecule has 21 heavy (non-hydrogen) atoms. The van der Waals surface area contributed by atoms with Crippen LogP contribution >= 0.6 is 11.6 Å². The summed E-state index contributed by atoms with van der Waals surface area (Å²) in [6, 6.07) is 6.15. The van der Waals surface area contributed by atoms with Gasteiger partial charge in [0.25, 0.3) is 0 Å². The third kappa shape index (κ3) is 2.65. The van der Waals surface area contributed by atoms with Crippen molar-refractivity contribution in [3.05, 3.63) is 47.2 Å². The third-order valence-electron chi connectivity index (χ3n) is 3.66. The van der Waals surface area contributed by atoms with E-state index in [4.69, 9.17) is 17.3 Å². The minimum absolute atomic E-state index is 0.330. The van der Waals surface area contributed by atoms with Crippen LogP contribution in [0.1, 0.15) is 28.9 Å². The number of hydrogen-bond acceptors (Lipinski definition) is 4. The molecule has 1 aliphatic rings. The maximum absolute atomic E-state index is 13.3. The van der Waals surface area contributed by atoms with Gasteiger partial charge in [-0.2, -0.15) is 0 Å². The summed E-state index contributed by atoms with van der Waals surface area (Å²) in [4.78, 5) is 10.9. The van der Waals surface area contributed by atoms with Crippen LogP contribution in [0.15, 0.2) is 24.3 Å². The summed E-state index contributed by atoms with van der Waals surface area (Å²) in [5.41, 5.74) is 8.47. The van der Waals surface area contributed by atoms with Crippen LogP contribution in [0, 0.1) is 5.82 Å². The first kappa shape index (κ1) is 14.1. The minimum atomic E-state index is -0.611. The molecule has 1 atom stereocenters. The monoisotopic (exact) mass is 306 g/mol. The number of rotatable bonds is 2. The Balaban J connectivity index is 2.01. The predicted molar refractivity (Wildman–Crippen MR) is 82.1 cm³/mol. The van der Waals surface area contributed by atoms with Crippen LogP contribution in [-0.4, -0.2) is 23.6 Å². The Hall–Kier alpha value is -1.88. The highest BCUT2D eigenvalue weighted by Gasteiger charge is 2.23. The van der Waals surface area contributed by atoms with E-state index in [1.165, 1.54) is 12.1 Å². The zero-order valence-electron chi connectivity index (χ0n) is 11.7. The zero-order chi connectivity index (χ0) is 15.0. The van der Waals surface area contributed by atoms with Crippen molar-refractivity contribution >= 4 is 23.1 Å². The van der Waals surface area contributed by atoms with Crippen LogP contribution in [0.2, 0.25) is 0 Å². The molecular weight excluding hydrogens is 291 g/mol. The molecule has 1 aromatic heterocycles. The van der Waals surface area contributed by atoms with Crippen LogP contribution < -0.4 is 10.6 Å². The molecule has 2 heterocycles. The van der Waals surface area contributed by atoms with Gasteiger partial charge in [-0.15, -0.1) is 11.6 Å². The summed E-state index contributed by atoms with van der Waals surface area (Å²) in [6.45, 7) is 0.939. The number of nitrogens with zero attached hydrogens (tertiary/aromatic N) is 3. The summed E-state index contributed by atoms with van der Waals surface area (Å²) in [5, 5.41) is -0.611. The van der Waals surface area contributed by atoms with E-state index in [1.54, 1.807) is 12.1 Å². The minimum Gasteiger partial charge on any atom is -0.382 e. The van der Waals surface area contributed by atoms with Gasteiger partial charge in [-0.25, -0.2) is 14.4 Å². The molecule has 0 bridgehead atoms. The first-order chi connectivity index (χ1) is 10.1. The smallest absolute Gasteiger partial charge is 0.153 e. The van der Waals surface area contributed by atoms with Crippen LogP contribution in [-0.2, 0) is 6.42 Å². The second-order valence-electron chi connectivity index (χ2n) is 5.21. The van der Waals surface area contributed by atoms with Gasteiger partial charge in [0.05, 0.1) is 5.69 Å². The largest absolute Gasteiger partial charge is 0.382 e. The molecule has 0 spiro atoms. The highest BCUT2D eigenvalue weighted by atomic mass is 35.5. The number of halogens is 2. The van der Waals surface area contributed by atoms with Gasteiger partial charge in [0.15, 0.2) is 11.6 Å². The normalized spacial score (nSPS) is 15.7. The van der Waals surface area contributed by atoms with E-state index in [-0.39, 0.29) is 5.82 Å². The fourth-order valence-electron chi connectivity index (χ4n) is 2.65. The summed E-state index contributed by atoms with van der Waals surface area (Å²) >= 11 is 6.39. The van der Waals surface area contributed by atoms with E-state index in [0.29, 0.717) is 17.2 Å². The van der Waals surface area contributed by atoms with Gasteiger partial charge in [-0.3, -0.25) is 0 Å². The summed E-state index contributed by atoms with van der Waals surface area (Å²) < 4.78 is 13.3. The van der Waals surface area contributed by atoms with E-state index >= 15 is 0 Å². The molecule has 0 amide bonds. The molecule has 1 unspecified atom stereocenters. The molecule has 0 saturated heterocycles. The zero-order valence-corrected chi connectivity index (χ0v) is 12.4. The lowest BCUT2D eigenvalue weighted by molar-refractivity contribution is 0.625. The van der Waals surface area contributed by atoms with Crippen molar-refractivity contribution in [2.75, 3.05) is 24.2 Å². The Bertz CT molecular complexity index is 677. The number of anilines is 2. The van der Waals surface area contributed by atoms with Crippen LogP contribution in [0.25, 0.3) is 0 Å². The van der Waals surface area contributed by atoms with Crippen molar-refractivity contribution < 1.29 is 4.39 Å². The maximum atomic E-state index is 13.3. The van der Waals surface area contributed by atoms with E-state index in [2.05, 4.69) is 14.9 Å². The van der Waals surface area contributed by atoms with Gasteiger partial charge < -0.3 is 10.6 Å². The molecule has 3 rings (SSSR count). The Labute approximate surface area is 127 Å². The molecule has 1 aromatic carbocycles. The van der Waals surface area contributed by atoms with Gasteiger partial charge in [0, 0.05) is 13.6 Å². The van der Waals surface area contributed by atoms with Crippen molar-refractivity contribution in [1.82, 2.24) is 9.97 Å². The van der Waals surface area contributed by atoms with Crippen LogP contribution in [0.4, 0.5) is 15.9 Å². The first-order valence-corrected chi connectivity index (χ1v) is 7.27. The van der Waals surface area contributed by atoms with Crippen molar-refractivity contribution in [2.24, 2.45) is 0 Å². The SMILES string of the molecule is CN1CCCc2nc(C(Cl)c3cccc(F)c3)nc(N)c21. The molecule has 0 fully saturated rings. The van der Waals surface area contributed by atoms with Crippen LogP contribution in [0.5, 0.6) is 0 Å². The first-order valence-electron chi connectivity index (χ1n) is 6.83. The fraction of sp³-hybridized carbons (Fsp3) is 0.333. The molecule has 1 aliphatic heterocycles. The number of aryl methyl sites for hydroxylation is 1.